The maximum atomic E-state index is 11.0. The highest BCUT2D eigenvalue weighted by Gasteiger charge is 2.07. The molecule has 2 aromatic carbocycles. The molecule has 0 aromatic heterocycles. The zero-order valence-electron chi connectivity index (χ0n) is 13.1. The first-order valence-electron chi connectivity index (χ1n) is 6.96. The van der Waals surface area contributed by atoms with E-state index in [0.717, 1.165) is 5.56 Å². The van der Waals surface area contributed by atoms with Crippen molar-refractivity contribution in [2.45, 2.75) is 6.92 Å². The van der Waals surface area contributed by atoms with E-state index in [1.165, 1.54) is 26.2 Å². The maximum absolute atomic E-state index is 11.0. The van der Waals surface area contributed by atoms with E-state index in [0.29, 0.717) is 17.2 Å². The van der Waals surface area contributed by atoms with Gasteiger partial charge in [-0.3, -0.25) is 10.2 Å². The Bertz CT molecular complexity index is 769. The number of carboxylic acids is 1. The van der Waals surface area contributed by atoms with E-state index >= 15 is 0 Å². The number of carboxylic acid groups (broad SMARTS) is 1. The van der Waals surface area contributed by atoms with E-state index < -0.39 is 11.9 Å². The Morgan fingerprint density at radius 3 is 2.42 bits per heavy atom. The number of hydrogen-bond donors (Lipinski definition) is 1. The van der Waals surface area contributed by atoms with E-state index in [-0.39, 0.29) is 5.56 Å². The van der Waals surface area contributed by atoms with Crippen LogP contribution in [0.3, 0.4) is 0 Å². The first-order valence-corrected chi connectivity index (χ1v) is 6.96. The normalized spacial score (nSPS) is 10.4. The molecule has 0 aliphatic rings. The van der Waals surface area contributed by atoms with E-state index in [9.17, 15) is 14.7 Å². The minimum absolute atomic E-state index is 0.0929. The van der Waals surface area contributed by atoms with Gasteiger partial charge in [0, 0.05) is 6.92 Å². The third-order valence-corrected chi connectivity index (χ3v) is 2.97. The Kier molecular flexibility index (Phi) is 5.51. The van der Waals surface area contributed by atoms with Crippen LogP contribution >= 0.6 is 0 Å². The average molecular weight is 327 g/mol. The van der Waals surface area contributed by atoms with Gasteiger partial charge in [0.15, 0.2) is 11.5 Å². The van der Waals surface area contributed by atoms with E-state index in [2.05, 4.69) is 10.5 Å². The first-order chi connectivity index (χ1) is 11.5. The van der Waals surface area contributed by atoms with Crippen molar-refractivity contribution in [3.63, 3.8) is 0 Å². The number of carbonyl (C=O) groups is 2. The molecule has 0 saturated heterocycles. The second-order valence-corrected chi connectivity index (χ2v) is 4.74. The molecule has 7 nitrogen and oxygen atoms in total. The van der Waals surface area contributed by atoms with Gasteiger partial charge in [-0.1, -0.05) is 12.1 Å². The van der Waals surface area contributed by atoms with Crippen molar-refractivity contribution in [2.24, 2.45) is 5.10 Å². The summed E-state index contributed by atoms with van der Waals surface area (Å²) in [4.78, 5) is 21.7. The van der Waals surface area contributed by atoms with Crippen molar-refractivity contribution < 1.29 is 24.2 Å². The molecule has 0 atom stereocenters. The molecule has 0 aliphatic carbocycles. The lowest BCUT2D eigenvalue weighted by atomic mass is 10.2. The monoisotopic (exact) mass is 327 g/mol. The number of methoxy groups -OCH3 is 1. The van der Waals surface area contributed by atoms with Gasteiger partial charge in [-0.2, -0.15) is 5.10 Å². The third kappa shape index (κ3) is 4.57. The molecule has 0 aliphatic heterocycles. The van der Waals surface area contributed by atoms with Crippen molar-refractivity contribution in [1.29, 1.82) is 0 Å². The lowest BCUT2D eigenvalue weighted by Crippen LogP contribution is -2.21. The molecule has 0 heterocycles. The van der Waals surface area contributed by atoms with Gasteiger partial charge >= 0.3 is 5.97 Å². The van der Waals surface area contributed by atoms with Crippen LogP contribution in [-0.2, 0) is 4.79 Å². The standard InChI is InChI=1S/C17H16N2O5/c1-11(20)24-15-8-3-12(9-16(15)23-2)10-18-19-14-6-4-13(5-7-14)17(21)22/h3-10,19H,1-2H3,(H,21,22)/p-1/b18-10-. The van der Waals surface area contributed by atoms with Crippen LogP contribution in [0.15, 0.2) is 47.6 Å². The SMILES string of the molecule is COc1cc(/C=N\Nc2ccc(C(=O)[O-])cc2)ccc1OC(C)=O. The van der Waals surface area contributed by atoms with Crippen LogP contribution in [0.4, 0.5) is 5.69 Å². The summed E-state index contributed by atoms with van der Waals surface area (Å²) in [6.45, 7) is 1.31. The highest BCUT2D eigenvalue weighted by Crippen LogP contribution is 2.27. The Balaban J connectivity index is 2.05. The number of rotatable bonds is 6. The second-order valence-electron chi connectivity index (χ2n) is 4.74. The summed E-state index contributed by atoms with van der Waals surface area (Å²) in [5.74, 6) is -0.929. The molecular formula is C17H15N2O5-. The summed E-state index contributed by atoms with van der Waals surface area (Å²) < 4.78 is 10.2. The average Bonchev–Trinajstić information content (AvgIpc) is 2.56. The smallest absolute Gasteiger partial charge is 0.308 e. The van der Waals surface area contributed by atoms with Crippen LogP contribution in [0.25, 0.3) is 0 Å². The first kappa shape index (κ1) is 17.0. The number of hydrogen-bond acceptors (Lipinski definition) is 7. The number of ether oxygens (including phenoxy) is 2. The number of carbonyl (C=O) groups excluding carboxylic acids is 2. The predicted molar refractivity (Wildman–Crippen MR) is 86.3 cm³/mol. The van der Waals surface area contributed by atoms with E-state index in [4.69, 9.17) is 9.47 Å². The van der Waals surface area contributed by atoms with E-state index in [1.54, 1.807) is 36.5 Å². The van der Waals surface area contributed by atoms with Gasteiger partial charge in [-0.15, -0.1) is 0 Å². The van der Waals surface area contributed by atoms with E-state index in [1.807, 2.05) is 0 Å². The van der Waals surface area contributed by atoms with Crippen molar-refractivity contribution in [1.82, 2.24) is 0 Å². The number of nitrogens with zero attached hydrogens (tertiary/aromatic N) is 1. The van der Waals surface area contributed by atoms with Crippen LogP contribution in [0, 0.1) is 0 Å². The summed E-state index contributed by atoms with van der Waals surface area (Å²) in [6.07, 6.45) is 1.55. The molecule has 2 aromatic rings. The summed E-state index contributed by atoms with van der Waals surface area (Å²) in [5, 5.41) is 14.7. The highest BCUT2D eigenvalue weighted by atomic mass is 16.6. The molecule has 7 heteroatoms. The number of esters is 1. The van der Waals surface area contributed by atoms with Crippen molar-refractivity contribution in [3.05, 3.63) is 53.6 Å². The molecule has 0 radical (unpaired) electrons. The van der Waals surface area contributed by atoms with Gasteiger partial charge in [-0.05, 0) is 41.5 Å². The predicted octanol–water partition coefficient (Wildman–Crippen LogP) is 1.43. The van der Waals surface area contributed by atoms with Crippen molar-refractivity contribution >= 4 is 23.8 Å². The highest BCUT2D eigenvalue weighted by molar-refractivity contribution is 5.86. The topological polar surface area (TPSA) is 100 Å². The summed E-state index contributed by atoms with van der Waals surface area (Å²) in [7, 11) is 1.47. The van der Waals surface area contributed by atoms with Gasteiger partial charge < -0.3 is 19.4 Å². The number of aromatic carboxylic acids is 1. The van der Waals surface area contributed by atoms with Gasteiger partial charge in [0.25, 0.3) is 0 Å². The minimum atomic E-state index is -1.23. The fourth-order valence-electron chi connectivity index (χ4n) is 1.87. The fourth-order valence-corrected chi connectivity index (χ4v) is 1.87. The number of benzene rings is 2. The Hall–Kier alpha value is -3.35. The zero-order chi connectivity index (χ0) is 17.5. The number of hydrazone groups is 1. The van der Waals surface area contributed by atoms with Crippen LogP contribution in [0.1, 0.15) is 22.8 Å². The molecule has 0 fully saturated rings. The van der Waals surface area contributed by atoms with Crippen LogP contribution in [0.2, 0.25) is 0 Å². The minimum Gasteiger partial charge on any atom is -0.545 e. The lowest BCUT2D eigenvalue weighted by molar-refractivity contribution is -0.255. The largest absolute Gasteiger partial charge is 0.545 e. The summed E-state index contributed by atoms with van der Waals surface area (Å²) >= 11 is 0. The molecule has 0 saturated carbocycles. The third-order valence-electron chi connectivity index (χ3n) is 2.97. The molecule has 124 valence electrons. The number of nitrogens with one attached hydrogen (secondary N) is 1. The summed E-state index contributed by atoms with van der Waals surface area (Å²) in [6, 6.07) is 11.0. The summed E-state index contributed by atoms with van der Waals surface area (Å²) in [5.41, 5.74) is 4.21. The van der Waals surface area contributed by atoms with Gasteiger partial charge in [0.2, 0.25) is 0 Å². The van der Waals surface area contributed by atoms with Gasteiger partial charge in [0.1, 0.15) is 0 Å². The molecular weight excluding hydrogens is 312 g/mol. The molecule has 0 amide bonds. The molecule has 0 bridgehead atoms. The van der Waals surface area contributed by atoms with Crippen LogP contribution < -0.4 is 20.0 Å². The Morgan fingerprint density at radius 1 is 1.12 bits per heavy atom. The van der Waals surface area contributed by atoms with Crippen LogP contribution in [-0.4, -0.2) is 25.3 Å². The van der Waals surface area contributed by atoms with Crippen LogP contribution in [0.5, 0.6) is 11.5 Å². The lowest BCUT2D eigenvalue weighted by Gasteiger charge is -2.08. The second kappa shape index (κ2) is 7.77. The van der Waals surface area contributed by atoms with Crippen molar-refractivity contribution in [3.8, 4) is 11.5 Å². The Morgan fingerprint density at radius 2 is 1.83 bits per heavy atom. The molecule has 2 rings (SSSR count). The molecule has 0 unspecified atom stereocenters. The number of anilines is 1. The maximum Gasteiger partial charge on any atom is 0.308 e. The Labute approximate surface area is 138 Å². The molecule has 0 spiro atoms. The molecule has 24 heavy (non-hydrogen) atoms. The van der Waals surface area contributed by atoms with Gasteiger partial charge in [-0.25, -0.2) is 0 Å². The zero-order valence-corrected chi connectivity index (χ0v) is 13.1. The molecule has 1 N–H and O–H groups in total. The van der Waals surface area contributed by atoms with Crippen molar-refractivity contribution in [2.75, 3.05) is 12.5 Å². The van der Waals surface area contributed by atoms with Gasteiger partial charge in [0.05, 0.1) is 25.0 Å². The fraction of sp³-hybridized carbons (Fsp3) is 0.118. The quantitative estimate of drug-likeness (QED) is 0.373.